The summed E-state index contributed by atoms with van der Waals surface area (Å²) in [6, 6.07) is 12.9. The number of nitrogens with zero attached hydrogens (tertiary/aromatic N) is 1. The van der Waals surface area contributed by atoms with Gasteiger partial charge in [-0.1, -0.05) is 36.3 Å². The number of carbonyl (C=O) groups excluding carboxylic acids is 1. The molecular weight excluding hydrogens is 350 g/mol. The van der Waals surface area contributed by atoms with Crippen LogP contribution in [0.3, 0.4) is 0 Å². The zero-order chi connectivity index (χ0) is 18.6. The van der Waals surface area contributed by atoms with Crippen LogP contribution in [-0.2, 0) is 14.8 Å². The van der Waals surface area contributed by atoms with E-state index in [1.54, 1.807) is 12.1 Å². The van der Waals surface area contributed by atoms with Gasteiger partial charge in [-0.05, 0) is 22.9 Å². The molecule has 7 heteroatoms. The number of rotatable bonds is 5. The number of fused-ring (bicyclic) bond motifs is 1. The SMILES string of the molecule is C#CCNC(=O)C[NH+]1CCN(S(=O)(=O)c2ccc3ccccc3c2)CC1. The van der Waals surface area contributed by atoms with E-state index in [2.05, 4.69) is 11.2 Å². The van der Waals surface area contributed by atoms with Gasteiger partial charge in [0.05, 0.1) is 37.6 Å². The van der Waals surface area contributed by atoms with Crippen molar-refractivity contribution in [3.63, 3.8) is 0 Å². The highest BCUT2D eigenvalue weighted by molar-refractivity contribution is 7.89. The molecule has 3 rings (SSSR count). The van der Waals surface area contributed by atoms with E-state index >= 15 is 0 Å². The normalized spacial score (nSPS) is 16.3. The van der Waals surface area contributed by atoms with E-state index in [0.717, 1.165) is 15.7 Å². The number of piperazine rings is 1. The Bertz CT molecular complexity index is 942. The van der Waals surface area contributed by atoms with Crippen LogP contribution >= 0.6 is 0 Å². The van der Waals surface area contributed by atoms with Crippen molar-refractivity contribution in [3.8, 4) is 12.3 Å². The maximum atomic E-state index is 12.9. The number of nitrogens with one attached hydrogen (secondary N) is 2. The summed E-state index contributed by atoms with van der Waals surface area (Å²) >= 11 is 0. The summed E-state index contributed by atoms with van der Waals surface area (Å²) in [5, 5.41) is 4.55. The van der Waals surface area contributed by atoms with E-state index < -0.39 is 10.0 Å². The number of amides is 1. The third-order valence-electron chi connectivity index (χ3n) is 4.59. The first-order valence-corrected chi connectivity index (χ1v) is 9.97. The predicted molar refractivity (Wildman–Crippen MR) is 100 cm³/mol. The van der Waals surface area contributed by atoms with Crippen molar-refractivity contribution < 1.29 is 18.1 Å². The molecule has 0 unspecified atom stereocenters. The fourth-order valence-corrected chi connectivity index (χ4v) is 4.61. The van der Waals surface area contributed by atoms with Gasteiger partial charge in [0, 0.05) is 0 Å². The van der Waals surface area contributed by atoms with Gasteiger partial charge in [-0.2, -0.15) is 4.31 Å². The summed E-state index contributed by atoms with van der Waals surface area (Å²) in [4.78, 5) is 13.1. The Balaban J connectivity index is 1.66. The molecule has 2 aromatic rings. The van der Waals surface area contributed by atoms with Crippen LogP contribution in [0.4, 0.5) is 0 Å². The molecule has 1 fully saturated rings. The van der Waals surface area contributed by atoms with Gasteiger partial charge >= 0.3 is 0 Å². The summed E-state index contributed by atoms with van der Waals surface area (Å²) in [7, 11) is -3.53. The zero-order valence-electron chi connectivity index (χ0n) is 14.4. The molecule has 2 N–H and O–H groups in total. The molecule has 2 aromatic carbocycles. The van der Waals surface area contributed by atoms with Crippen LogP contribution in [0.1, 0.15) is 0 Å². The van der Waals surface area contributed by atoms with Gasteiger partial charge in [0.15, 0.2) is 6.54 Å². The van der Waals surface area contributed by atoms with Gasteiger partial charge in [-0.3, -0.25) is 4.79 Å². The van der Waals surface area contributed by atoms with Crippen LogP contribution in [0.5, 0.6) is 0 Å². The minimum Gasteiger partial charge on any atom is -0.340 e. The summed E-state index contributed by atoms with van der Waals surface area (Å²) in [5.74, 6) is 2.26. The molecule has 1 aliphatic heterocycles. The average Bonchev–Trinajstić information content (AvgIpc) is 2.66. The lowest BCUT2D eigenvalue weighted by Crippen LogP contribution is -3.15. The van der Waals surface area contributed by atoms with Crippen molar-refractivity contribution in [1.29, 1.82) is 0 Å². The summed E-state index contributed by atoms with van der Waals surface area (Å²) in [5.41, 5.74) is 0. The highest BCUT2D eigenvalue weighted by Crippen LogP contribution is 2.21. The molecule has 0 atom stereocenters. The minimum atomic E-state index is -3.53. The Morgan fingerprint density at radius 3 is 2.54 bits per heavy atom. The Labute approximate surface area is 153 Å². The smallest absolute Gasteiger partial charge is 0.275 e. The molecule has 0 aromatic heterocycles. The fourth-order valence-electron chi connectivity index (χ4n) is 3.14. The Morgan fingerprint density at radius 2 is 1.85 bits per heavy atom. The maximum Gasteiger partial charge on any atom is 0.275 e. The number of hydrogen-bond donors (Lipinski definition) is 2. The van der Waals surface area contributed by atoms with Crippen LogP contribution in [-0.4, -0.2) is 57.9 Å². The van der Waals surface area contributed by atoms with Crippen LogP contribution in [0.2, 0.25) is 0 Å². The minimum absolute atomic E-state index is 0.108. The molecule has 0 saturated carbocycles. The summed E-state index contributed by atoms with van der Waals surface area (Å²) in [6.45, 7) is 2.51. The van der Waals surface area contributed by atoms with Gasteiger partial charge in [0.2, 0.25) is 10.0 Å². The standard InChI is InChI=1S/C19H21N3O3S/c1-2-9-20-19(23)15-21-10-12-22(13-11-21)26(24,25)18-8-7-16-5-3-4-6-17(16)14-18/h1,3-8,14H,9-13,15H2,(H,20,23)/p+1. The lowest BCUT2D eigenvalue weighted by atomic mass is 10.1. The quantitative estimate of drug-likeness (QED) is 0.694. The van der Waals surface area contributed by atoms with E-state index in [1.807, 2.05) is 30.3 Å². The van der Waals surface area contributed by atoms with Crippen LogP contribution in [0, 0.1) is 12.3 Å². The van der Waals surface area contributed by atoms with E-state index in [1.165, 1.54) is 4.31 Å². The van der Waals surface area contributed by atoms with Crippen molar-refractivity contribution in [2.45, 2.75) is 4.90 Å². The molecule has 1 heterocycles. The van der Waals surface area contributed by atoms with Gasteiger partial charge in [-0.25, -0.2) is 8.42 Å². The van der Waals surface area contributed by atoms with Gasteiger partial charge in [0.1, 0.15) is 0 Å². The number of benzene rings is 2. The van der Waals surface area contributed by atoms with Crippen LogP contribution in [0.15, 0.2) is 47.4 Å². The van der Waals surface area contributed by atoms with Gasteiger partial charge < -0.3 is 10.2 Å². The lowest BCUT2D eigenvalue weighted by Gasteiger charge is -2.31. The first-order chi connectivity index (χ1) is 12.5. The molecule has 1 aliphatic rings. The molecule has 1 saturated heterocycles. The fraction of sp³-hybridized carbons (Fsp3) is 0.316. The lowest BCUT2D eigenvalue weighted by molar-refractivity contribution is -0.895. The number of quaternary nitrogens is 1. The number of carbonyl (C=O) groups is 1. The molecule has 0 radical (unpaired) electrons. The second kappa shape index (κ2) is 7.87. The van der Waals surface area contributed by atoms with Crippen molar-refractivity contribution in [2.24, 2.45) is 0 Å². The largest absolute Gasteiger partial charge is 0.340 e. The van der Waals surface area contributed by atoms with E-state index in [0.29, 0.717) is 37.6 Å². The molecule has 6 nitrogen and oxygen atoms in total. The molecule has 0 spiro atoms. The Kier molecular flexibility index (Phi) is 5.57. The maximum absolute atomic E-state index is 12.9. The van der Waals surface area contributed by atoms with Crippen molar-refractivity contribution >= 4 is 26.7 Å². The zero-order valence-corrected chi connectivity index (χ0v) is 15.3. The molecule has 0 bridgehead atoms. The third kappa shape index (κ3) is 4.05. The van der Waals surface area contributed by atoms with Gasteiger partial charge in [0.25, 0.3) is 5.91 Å². The second-order valence-corrected chi connectivity index (χ2v) is 8.26. The van der Waals surface area contributed by atoms with Gasteiger partial charge in [-0.15, -0.1) is 6.42 Å². The highest BCUT2D eigenvalue weighted by Gasteiger charge is 2.31. The third-order valence-corrected chi connectivity index (χ3v) is 6.48. The average molecular weight is 372 g/mol. The number of hydrogen-bond acceptors (Lipinski definition) is 3. The van der Waals surface area contributed by atoms with E-state index in [4.69, 9.17) is 6.42 Å². The molecule has 136 valence electrons. The van der Waals surface area contributed by atoms with E-state index in [-0.39, 0.29) is 12.5 Å². The summed E-state index contributed by atoms with van der Waals surface area (Å²) < 4.78 is 27.3. The predicted octanol–water partition coefficient (Wildman–Crippen LogP) is -0.522. The van der Waals surface area contributed by atoms with Crippen LogP contribution in [0.25, 0.3) is 10.8 Å². The molecular formula is C19H22N3O3S+. The topological polar surface area (TPSA) is 70.9 Å². The van der Waals surface area contributed by atoms with Crippen LogP contribution < -0.4 is 10.2 Å². The highest BCUT2D eigenvalue weighted by atomic mass is 32.2. The monoisotopic (exact) mass is 372 g/mol. The van der Waals surface area contributed by atoms with Crippen molar-refractivity contribution in [1.82, 2.24) is 9.62 Å². The first-order valence-electron chi connectivity index (χ1n) is 8.53. The van der Waals surface area contributed by atoms with Crippen molar-refractivity contribution in [2.75, 3.05) is 39.3 Å². The van der Waals surface area contributed by atoms with Crippen molar-refractivity contribution in [3.05, 3.63) is 42.5 Å². The van der Waals surface area contributed by atoms with E-state index in [9.17, 15) is 13.2 Å². The Morgan fingerprint density at radius 1 is 1.15 bits per heavy atom. The molecule has 1 amide bonds. The second-order valence-electron chi connectivity index (χ2n) is 6.32. The summed E-state index contributed by atoms with van der Waals surface area (Å²) in [6.07, 6.45) is 5.12. The number of sulfonamides is 1. The molecule has 26 heavy (non-hydrogen) atoms. The Hall–Kier alpha value is -2.40. The first kappa shape index (κ1) is 18.4. The molecule has 0 aliphatic carbocycles. The number of terminal acetylenes is 1.